The number of nitrogens with two attached hydrogens (primary N) is 1. The molecule has 0 aromatic rings. The van der Waals surface area contributed by atoms with E-state index < -0.39 is 0 Å². The zero-order valence-corrected chi connectivity index (χ0v) is 7.00. The fraction of sp³-hybridized carbons (Fsp3) is 0.800. The van der Waals surface area contributed by atoms with Gasteiger partial charge in [0.05, 0.1) is 0 Å². The van der Waals surface area contributed by atoms with Crippen LogP contribution in [0.4, 0.5) is 0 Å². The summed E-state index contributed by atoms with van der Waals surface area (Å²) in [5, 5.41) is 0. The molecule has 0 aromatic carbocycles. The van der Waals surface area contributed by atoms with Crippen molar-refractivity contribution in [3.8, 4) is 0 Å². The van der Waals surface area contributed by atoms with Gasteiger partial charge in [0, 0.05) is 6.04 Å². The van der Waals surface area contributed by atoms with Gasteiger partial charge in [-0.3, -0.25) is 0 Å². The van der Waals surface area contributed by atoms with Crippen molar-refractivity contribution in [3.05, 3.63) is 12.2 Å². The normalized spacial score (nSPS) is 43.5. The Labute approximate surface area is 68.7 Å². The molecule has 0 aliphatic heterocycles. The Morgan fingerprint density at radius 3 is 2.73 bits per heavy atom. The molecule has 11 heavy (non-hydrogen) atoms. The van der Waals surface area contributed by atoms with Crippen LogP contribution >= 0.6 is 0 Å². The maximum absolute atomic E-state index is 6.06. The summed E-state index contributed by atoms with van der Waals surface area (Å²) in [5.74, 6) is 1.73. The van der Waals surface area contributed by atoms with Crippen molar-refractivity contribution in [2.24, 2.45) is 17.6 Å². The minimum atomic E-state index is 0.499. The van der Waals surface area contributed by atoms with Gasteiger partial charge in [0.1, 0.15) is 0 Å². The Balaban J connectivity index is 2.07. The van der Waals surface area contributed by atoms with E-state index in [9.17, 15) is 0 Å². The van der Waals surface area contributed by atoms with Crippen molar-refractivity contribution >= 4 is 0 Å². The molecule has 0 bridgehead atoms. The van der Waals surface area contributed by atoms with E-state index in [1.54, 1.807) is 0 Å². The monoisotopic (exact) mass is 151 g/mol. The Bertz CT molecular complexity index is 162. The predicted molar refractivity (Wildman–Crippen MR) is 47.2 cm³/mol. The van der Waals surface area contributed by atoms with Crippen LogP contribution in [0.15, 0.2) is 12.2 Å². The Hall–Kier alpha value is -0.300. The predicted octanol–water partition coefficient (Wildman–Crippen LogP) is 2.08. The van der Waals surface area contributed by atoms with Gasteiger partial charge in [-0.2, -0.15) is 0 Å². The summed E-state index contributed by atoms with van der Waals surface area (Å²) in [6.07, 6.45) is 11.2. The molecule has 0 radical (unpaired) electrons. The average Bonchev–Trinajstić information content (AvgIpc) is 2.06. The van der Waals surface area contributed by atoms with Gasteiger partial charge in [0.2, 0.25) is 0 Å². The molecule has 0 amide bonds. The number of hydrogen-bond donors (Lipinski definition) is 1. The third kappa shape index (κ3) is 1.34. The zero-order valence-electron chi connectivity index (χ0n) is 7.00. The van der Waals surface area contributed by atoms with Crippen LogP contribution in [0.1, 0.15) is 32.1 Å². The molecule has 0 heterocycles. The number of allylic oxidation sites excluding steroid dienone is 2. The molecule has 1 fully saturated rings. The van der Waals surface area contributed by atoms with E-state index in [1.165, 1.54) is 32.1 Å². The molecular weight excluding hydrogens is 134 g/mol. The summed E-state index contributed by atoms with van der Waals surface area (Å²) in [6.45, 7) is 0. The smallest absolute Gasteiger partial charge is 0.00728 e. The summed E-state index contributed by atoms with van der Waals surface area (Å²) in [7, 11) is 0. The third-order valence-corrected chi connectivity index (χ3v) is 3.28. The van der Waals surface area contributed by atoms with Crippen LogP contribution in [0.5, 0.6) is 0 Å². The molecule has 1 nitrogen and oxygen atoms in total. The molecule has 62 valence electrons. The molecule has 1 heteroatoms. The third-order valence-electron chi connectivity index (χ3n) is 3.28. The molecule has 2 aliphatic carbocycles. The van der Waals surface area contributed by atoms with Gasteiger partial charge in [0.25, 0.3) is 0 Å². The van der Waals surface area contributed by atoms with Gasteiger partial charge in [-0.05, 0) is 37.5 Å². The van der Waals surface area contributed by atoms with Crippen molar-refractivity contribution in [1.82, 2.24) is 0 Å². The first-order valence-corrected chi connectivity index (χ1v) is 4.78. The fourth-order valence-corrected chi connectivity index (χ4v) is 2.58. The quantitative estimate of drug-likeness (QED) is 0.527. The van der Waals surface area contributed by atoms with Gasteiger partial charge >= 0.3 is 0 Å². The van der Waals surface area contributed by atoms with E-state index in [4.69, 9.17) is 5.73 Å². The van der Waals surface area contributed by atoms with Gasteiger partial charge in [-0.1, -0.05) is 18.6 Å². The Morgan fingerprint density at radius 1 is 1.09 bits per heavy atom. The maximum Gasteiger partial charge on any atom is 0.00728 e. The summed E-state index contributed by atoms with van der Waals surface area (Å²) in [5.41, 5.74) is 6.06. The molecule has 1 saturated carbocycles. The minimum Gasteiger partial charge on any atom is -0.327 e. The topological polar surface area (TPSA) is 26.0 Å². The van der Waals surface area contributed by atoms with Gasteiger partial charge < -0.3 is 5.73 Å². The Kier molecular flexibility index (Phi) is 1.99. The number of hydrogen-bond acceptors (Lipinski definition) is 1. The second kappa shape index (κ2) is 2.98. The van der Waals surface area contributed by atoms with Crippen LogP contribution in [0.3, 0.4) is 0 Å². The highest BCUT2D eigenvalue weighted by Gasteiger charge is 2.30. The second-order valence-corrected chi connectivity index (χ2v) is 3.96. The largest absolute Gasteiger partial charge is 0.327 e. The van der Waals surface area contributed by atoms with Crippen LogP contribution in [0, 0.1) is 11.8 Å². The second-order valence-electron chi connectivity index (χ2n) is 3.96. The standard InChI is InChI=1S/C10H17N/c11-10-7-3-5-8-4-1-2-6-9(8)10/h1-2,8-10H,3-7,11H2/t8?,9?,10-/m0/s1. The van der Waals surface area contributed by atoms with Crippen LogP contribution in [-0.2, 0) is 0 Å². The molecular formula is C10H17N. The molecule has 0 aromatic heterocycles. The van der Waals surface area contributed by atoms with Crippen molar-refractivity contribution in [1.29, 1.82) is 0 Å². The molecule has 2 N–H and O–H groups in total. The van der Waals surface area contributed by atoms with Crippen molar-refractivity contribution in [3.63, 3.8) is 0 Å². The van der Waals surface area contributed by atoms with E-state index in [0.29, 0.717) is 6.04 Å². The van der Waals surface area contributed by atoms with Gasteiger partial charge in [-0.15, -0.1) is 0 Å². The Morgan fingerprint density at radius 2 is 1.91 bits per heavy atom. The fourth-order valence-electron chi connectivity index (χ4n) is 2.58. The first-order chi connectivity index (χ1) is 5.38. The summed E-state index contributed by atoms with van der Waals surface area (Å²) in [6, 6.07) is 0.499. The highest BCUT2D eigenvalue weighted by Crippen LogP contribution is 2.36. The molecule has 0 spiro atoms. The van der Waals surface area contributed by atoms with E-state index in [0.717, 1.165) is 11.8 Å². The first-order valence-electron chi connectivity index (χ1n) is 4.78. The molecule has 3 atom stereocenters. The first kappa shape index (κ1) is 7.35. The van der Waals surface area contributed by atoms with Gasteiger partial charge in [0.15, 0.2) is 0 Å². The molecule has 0 saturated heterocycles. The lowest BCUT2D eigenvalue weighted by Gasteiger charge is -2.37. The zero-order chi connectivity index (χ0) is 7.68. The van der Waals surface area contributed by atoms with E-state index in [2.05, 4.69) is 12.2 Å². The maximum atomic E-state index is 6.06. The van der Waals surface area contributed by atoms with Crippen molar-refractivity contribution < 1.29 is 0 Å². The van der Waals surface area contributed by atoms with Crippen LogP contribution in [0.25, 0.3) is 0 Å². The lowest BCUT2D eigenvalue weighted by atomic mass is 9.71. The average molecular weight is 151 g/mol. The number of rotatable bonds is 0. The van der Waals surface area contributed by atoms with Crippen molar-refractivity contribution in [2.75, 3.05) is 0 Å². The highest BCUT2D eigenvalue weighted by molar-refractivity contribution is 4.99. The van der Waals surface area contributed by atoms with Gasteiger partial charge in [-0.25, -0.2) is 0 Å². The molecule has 2 rings (SSSR count). The molecule has 2 aliphatic rings. The van der Waals surface area contributed by atoms with Crippen molar-refractivity contribution in [2.45, 2.75) is 38.1 Å². The summed E-state index contributed by atoms with van der Waals surface area (Å²) in [4.78, 5) is 0. The SMILES string of the molecule is N[C@H]1CCCC2CC=CCC21. The van der Waals surface area contributed by atoms with E-state index in [1.807, 2.05) is 0 Å². The summed E-state index contributed by atoms with van der Waals surface area (Å²) >= 11 is 0. The lowest BCUT2D eigenvalue weighted by molar-refractivity contribution is 0.199. The summed E-state index contributed by atoms with van der Waals surface area (Å²) < 4.78 is 0. The van der Waals surface area contributed by atoms with Crippen LogP contribution < -0.4 is 5.73 Å². The van der Waals surface area contributed by atoms with Crippen LogP contribution in [0.2, 0.25) is 0 Å². The minimum absolute atomic E-state index is 0.499. The van der Waals surface area contributed by atoms with E-state index in [-0.39, 0.29) is 0 Å². The highest BCUT2D eigenvalue weighted by atomic mass is 14.7. The van der Waals surface area contributed by atoms with E-state index >= 15 is 0 Å². The lowest BCUT2D eigenvalue weighted by Crippen LogP contribution is -2.39. The van der Waals surface area contributed by atoms with Crippen LogP contribution in [-0.4, -0.2) is 6.04 Å². The molecule has 2 unspecified atom stereocenters. The number of fused-ring (bicyclic) bond motifs is 1.